The van der Waals surface area contributed by atoms with Crippen LogP contribution in [0.25, 0.3) is 16.8 Å². The molecule has 2 aromatic carbocycles. The summed E-state index contributed by atoms with van der Waals surface area (Å²) in [7, 11) is 0. The number of aromatic nitrogens is 2. The van der Waals surface area contributed by atoms with Gasteiger partial charge in [0.2, 0.25) is 0 Å². The van der Waals surface area contributed by atoms with Gasteiger partial charge in [-0.3, -0.25) is 4.99 Å². The van der Waals surface area contributed by atoms with Gasteiger partial charge in [0.05, 0.1) is 29.5 Å². The molecule has 0 saturated heterocycles. The standard InChI is InChI=1S/C22H18F3N3O/c1-14-5-6-16(15-3-2-4-18(9-15)22(23,24)25)10-20(14)28-13-17(11-27-28)19-12-26-8-7-21(19)29/h2-13,19,21,29H,1H3. The fourth-order valence-electron chi connectivity index (χ4n) is 3.32. The third-order valence-corrected chi connectivity index (χ3v) is 4.95. The minimum atomic E-state index is -4.39. The molecular formula is C22H18F3N3O. The predicted octanol–water partition coefficient (Wildman–Crippen LogP) is 4.91. The molecule has 0 fully saturated rings. The Balaban J connectivity index is 1.70. The van der Waals surface area contributed by atoms with Gasteiger partial charge in [0, 0.05) is 24.2 Å². The van der Waals surface area contributed by atoms with Crippen LogP contribution in [0.15, 0.2) is 72.1 Å². The molecule has 29 heavy (non-hydrogen) atoms. The first-order valence-corrected chi connectivity index (χ1v) is 9.04. The molecule has 0 aliphatic carbocycles. The van der Waals surface area contributed by atoms with Gasteiger partial charge in [0.15, 0.2) is 0 Å². The molecule has 1 aliphatic rings. The Morgan fingerprint density at radius 2 is 1.86 bits per heavy atom. The van der Waals surface area contributed by atoms with E-state index in [0.29, 0.717) is 11.1 Å². The van der Waals surface area contributed by atoms with Gasteiger partial charge in [-0.15, -0.1) is 0 Å². The second kappa shape index (κ2) is 7.33. The van der Waals surface area contributed by atoms with Crippen LogP contribution in [-0.4, -0.2) is 27.2 Å². The zero-order valence-electron chi connectivity index (χ0n) is 15.5. The van der Waals surface area contributed by atoms with Gasteiger partial charge in [-0.1, -0.05) is 24.3 Å². The third-order valence-electron chi connectivity index (χ3n) is 4.95. The number of halogens is 3. The molecule has 1 N–H and O–H groups in total. The van der Waals surface area contributed by atoms with Gasteiger partial charge < -0.3 is 5.11 Å². The van der Waals surface area contributed by atoms with Crippen molar-refractivity contribution in [3.05, 3.63) is 83.8 Å². The largest absolute Gasteiger partial charge is 0.416 e. The number of nitrogens with zero attached hydrogens (tertiary/aromatic N) is 3. The Bertz CT molecular complexity index is 1100. The van der Waals surface area contributed by atoms with Crippen molar-refractivity contribution in [2.75, 3.05) is 0 Å². The van der Waals surface area contributed by atoms with Crippen LogP contribution in [0.1, 0.15) is 22.6 Å². The van der Waals surface area contributed by atoms with Crippen molar-refractivity contribution in [3.63, 3.8) is 0 Å². The fraction of sp³-hybridized carbons (Fsp3) is 0.182. The molecule has 0 spiro atoms. The lowest BCUT2D eigenvalue weighted by molar-refractivity contribution is -0.137. The molecular weight excluding hydrogens is 379 g/mol. The van der Waals surface area contributed by atoms with Gasteiger partial charge in [0.25, 0.3) is 0 Å². The summed E-state index contributed by atoms with van der Waals surface area (Å²) < 4.78 is 40.8. The van der Waals surface area contributed by atoms with E-state index in [0.717, 1.165) is 28.9 Å². The molecule has 4 nitrogen and oxygen atoms in total. The minimum Gasteiger partial charge on any atom is -0.388 e. The topological polar surface area (TPSA) is 50.4 Å². The smallest absolute Gasteiger partial charge is 0.388 e. The van der Waals surface area contributed by atoms with Crippen molar-refractivity contribution < 1.29 is 18.3 Å². The summed E-state index contributed by atoms with van der Waals surface area (Å²) in [5, 5.41) is 14.5. The summed E-state index contributed by atoms with van der Waals surface area (Å²) in [5.74, 6) is -0.291. The van der Waals surface area contributed by atoms with Gasteiger partial charge in [-0.05, 0) is 47.9 Å². The fourth-order valence-corrected chi connectivity index (χ4v) is 3.32. The minimum absolute atomic E-state index is 0.291. The molecule has 0 radical (unpaired) electrons. The van der Waals surface area contributed by atoms with E-state index in [1.54, 1.807) is 47.7 Å². The first-order valence-electron chi connectivity index (χ1n) is 9.04. The molecule has 2 unspecified atom stereocenters. The number of aliphatic imine (C=N–C) groups is 1. The molecule has 1 aliphatic heterocycles. The molecule has 0 bridgehead atoms. The molecule has 0 saturated carbocycles. The maximum absolute atomic E-state index is 13.1. The SMILES string of the molecule is Cc1ccc(-c2cccc(C(F)(F)F)c2)cc1-n1cc(C2C=NC=CC2O)cn1. The molecule has 1 aromatic heterocycles. The van der Waals surface area contributed by atoms with E-state index in [9.17, 15) is 18.3 Å². The Kier molecular flexibility index (Phi) is 4.84. The van der Waals surface area contributed by atoms with Gasteiger partial charge >= 0.3 is 6.18 Å². The molecule has 2 atom stereocenters. The first kappa shape index (κ1) is 19.1. The molecule has 4 rings (SSSR count). The number of hydrogen-bond acceptors (Lipinski definition) is 3. The second-order valence-electron chi connectivity index (χ2n) is 6.95. The number of aliphatic hydroxyl groups excluding tert-OH is 1. The zero-order chi connectivity index (χ0) is 20.6. The summed E-state index contributed by atoms with van der Waals surface area (Å²) in [6.45, 7) is 1.91. The second-order valence-corrected chi connectivity index (χ2v) is 6.95. The van der Waals surface area contributed by atoms with Crippen molar-refractivity contribution in [1.29, 1.82) is 0 Å². The maximum atomic E-state index is 13.1. The van der Waals surface area contributed by atoms with Gasteiger partial charge in [-0.2, -0.15) is 18.3 Å². The molecule has 2 heterocycles. The van der Waals surface area contributed by atoms with Crippen molar-refractivity contribution >= 4 is 6.21 Å². The van der Waals surface area contributed by atoms with Crippen LogP contribution >= 0.6 is 0 Å². The Morgan fingerprint density at radius 1 is 1.07 bits per heavy atom. The van der Waals surface area contributed by atoms with Crippen molar-refractivity contribution in [2.45, 2.75) is 25.1 Å². The Labute approximate surface area is 165 Å². The lowest BCUT2D eigenvalue weighted by Crippen LogP contribution is -2.18. The third kappa shape index (κ3) is 3.86. The quantitative estimate of drug-likeness (QED) is 0.683. The average Bonchev–Trinajstić information content (AvgIpc) is 3.18. The van der Waals surface area contributed by atoms with E-state index in [2.05, 4.69) is 10.1 Å². The van der Waals surface area contributed by atoms with E-state index in [-0.39, 0.29) is 5.92 Å². The van der Waals surface area contributed by atoms with Crippen LogP contribution in [0.2, 0.25) is 0 Å². The zero-order valence-corrected chi connectivity index (χ0v) is 15.5. The number of benzene rings is 2. The number of aryl methyl sites for hydroxylation is 1. The highest BCUT2D eigenvalue weighted by atomic mass is 19.4. The summed E-state index contributed by atoms with van der Waals surface area (Å²) in [6, 6.07) is 10.7. The molecule has 3 aromatic rings. The van der Waals surface area contributed by atoms with E-state index in [1.165, 1.54) is 6.07 Å². The monoisotopic (exact) mass is 397 g/mol. The summed E-state index contributed by atoms with van der Waals surface area (Å²) >= 11 is 0. The highest BCUT2D eigenvalue weighted by molar-refractivity contribution is 5.71. The first-order chi connectivity index (χ1) is 13.8. The van der Waals surface area contributed by atoms with Crippen molar-refractivity contribution in [3.8, 4) is 16.8 Å². The number of aliphatic hydroxyl groups is 1. The van der Waals surface area contributed by atoms with Crippen molar-refractivity contribution in [1.82, 2.24) is 9.78 Å². The molecule has 0 amide bonds. The van der Waals surface area contributed by atoms with Gasteiger partial charge in [0.1, 0.15) is 0 Å². The molecule has 148 valence electrons. The van der Waals surface area contributed by atoms with Gasteiger partial charge in [-0.25, -0.2) is 4.68 Å². The van der Waals surface area contributed by atoms with Crippen LogP contribution in [0.3, 0.4) is 0 Å². The van der Waals surface area contributed by atoms with Crippen LogP contribution in [-0.2, 0) is 6.18 Å². The van der Waals surface area contributed by atoms with Crippen LogP contribution in [0.4, 0.5) is 13.2 Å². The summed E-state index contributed by atoms with van der Waals surface area (Å²) in [6.07, 6.45) is 3.22. The van der Waals surface area contributed by atoms with Crippen LogP contribution < -0.4 is 0 Å². The summed E-state index contributed by atoms with van der Waals surface area (Å²) in [5.41, 5.74) is 2.94. The van der Waals surface area contributed by atoms with E-state index in [4.69, 9.17) is 0 Å². The highest BCUT2D eigenvalue weighted by Gasteiger charge is 2.30. The number of rotatable bonds is 3. The Hall–Kier alpha value is -3.19. The number of alkyl halides is 3. The average molecular weight is 397 g/mol. The van der Waals surface area contributed by atoms with Crippen molar-refractivity contribution in [2.24, 2.45) is 4.99 Å². The highest BCUT2D eigenvalue weighted by Crippen LogP contribution is 2.33. The summed E-state index contributed by atoms with van der Waals surface area (Å²) in [4.78, 5) is 4.07. The van der Waals surface area contributed by atoms with E-state index >= 15 is 0 Å². The predicted molar refractivity (Wildman–Crippen MR) is 105 cm³/mol. The van der Waals surface area contributed by atoms with Crippen LogP contribution in [0, 0.1) is 6.92 Å². The van der Waals surface area contributed by atoms with Crippen LogP contribution in [0.5, 0.6) is 0 Å². The Morgan fingerprint density at radius 3 is 2.62 bits per heavy atom. The maximum Gasteiger partial charge on any atom is 0.416 e. The normalized spacial score (nSPS) is 18.9. The lowest BCUT2D eigenvalue weighted by Gasteiger charge is -2.16. The molecule has 7 heteroatoms. The van der Waals surface area contributed by atoms with E-state index in [1.807, 2.05) is 19.1 Å². The van der Waals surface area contributed by atoms with E-state index < -0.39 is 17.8 Å². The number of hydrogen-bond donors (Lipinski definition) is 1. The lowest BCUT2D eigenvalue weighted by atomic mass is 9.96.